The molecule has 1 amide bonds. The topological polar surface area (TPSA) is 46.6 Å². The van der Waals surface area contributed by atoms with E-state index in [1.54, 1.807) is 29.7 Å². The normalized spacial score (nSPS) is 16.5. The van der Waals surface area contributed by atoms with Crippen molar-refractivity contribution in [3.63, 3.8) is 0 Å². The standard InChI is InChI=1S/C20H19NO3S/c1-2-8-20(23)24-13-19(22)21-16-11-6-7-12-18(16)25-14-17(21)15-9-4-3-5-10-15/h2-12,17H,13-14H2,1H3/b8-2+/t17-/m0/s1. The minimum Gasteiger partial charge on any atom is -0.452 e. The first kappa shape index (κ1) is 17.3. The number of esters is 1. The molecule has 2 aromatic rings. The predicted octanol–water partition coefficient (Wildman–Crippen LogP) is 3.99. The van der Waals surface area contributed by atoms with E-state index >= 15 is 0 Å². The minimum atomic E-state index is -0.508. The lowest BCUT2D eigenvalue weighted by Crippen LogP contribution is -2.41. The largest absolute Gasteiger partial charge is 0.452 e. The van der Waals surface area contributed by atoms with Crippen LogP contribution in [0.2, 0.25) is 0 Å². The molecule has 4 nitrogen and oxygen atoms in total. The zero-order valence-electron chi connectivity index (χ0n) is 13.9. The number of fused-ring (bicyclic) bond motifs is 1. The molecule has 0 unspecified atom stereocenters. The Balaban J connectivity index is 1.89. The van der Waals surface area contributed by atoms with Gasteiger partial charge in [-0.1, -0.05) is 48.5 Å². The molecule has 0 saturated heterocycles. The van der Waals surface area contributed by atoms with Crippen LogP contribution in [0.5, 0.6) is 0 Å². The molecular weight excluding hydrogens is 334 g/mol. The summed E-state index contributed by atoms with van der Waals surface area (Å²) in [6.45, 7) is 1.46. The molecule has 1 aliphatic heterocycles. The number of para-hydroxylation sites is 1. The van der Waals surface area contributed by atoms with Crippen molar-refractivity contribution in [1.82, 2.24) is 0 Å². The zero-order chi connectivity index (χ0) is 17.6. The summed E-state index contributed by atoms with van der Waals surface area (Å²) in [6.07, 6.45) is 2.90. The number of allylic oxidation sites excluding steroid dienone is 1. The Bertz CT molecular complexity index is 789. The van der Waals surface area contributed by atoms with E-state index in [9.17, 15) is 9.59 Å². The van der Waals surface area contributed by atoms with Crippen molar-refractivity contribution in [1.29, 1.82) is 0 Å². The van der Waals surface area contributed by atoms with Crippen LogP contribution in [0.4, 0.5) is 5.69 Å². The number of nitrogens with zero attached hydrogens (tertiary/aromatic N) is 1. The molecule has 5 heteroatoms. The van der Waals surface area contributed by atoms with Gasteiger partial charge in [0.15, 0.2) is 6.61 Å². The fourth-order valence-electron chi connectivity index (χ4n) is 2.80. The quantitative estimate of drug-likeness (QED) is 0.616. The van der Waals surface area contributed by atoms with Gasteiger partial charge >= 0.3 is 5.97 Å². The summed E-state index contributed by atoms with van der Waals surface area (Å²) in [6, 6.07) is 17.7. The molecule has 128 valence electrons. The van der Waals surface area contributed by atoms with Crippen molar-refractivity contribution in [3.8, 4) is 0 Å². The minimum absolute atomic E-state index is 0.0889. The molecule has 3 rings (SSSR count). The van der Waals surface area contributed by atoms with E-state index in [0.717, 1.165) is 21.9 Å². The van der Waals surface area contributed by atoms with Crippen LogP contribution in [0, 0.1) is 0 Å². The van der Waals surface area contributed by atoms with Crippen LogP contribution in [0.15, 0.2) is 71.6 Å². The highest BCUT2D eigenvalue weighted by Crippen LogP contribution is 2.43. The average molecular weight is 353 g/mol. The van der Waals surface area contributed by atoms with Crippen LogP contribution >= 0.6 is 11.8 Å². The van der Waals surface area contributed by atoms with Crippen LogP contribution in [0.25, 0.3) is 0 Å². The van der Waals surface area contributed by atoms with Crippen molar-refractivity contribution < 1.29 is 14.3 Å². The number of carbonyl (C=O) groups is 2. The lowest BCUT2D eigenvalue weighted by molar-refractivity contribution is -0.143. The fourth-order valence-corrected chi connectivity index (χ4v) is 3.97. The molecule has 2 aromatic carbocycles. The summed E-state index contributed by atoms with van der Waals surface area (Å²) in [5.41, 5.74) is 1.93. The second-order valence-corrected chi connectivity index (χ2v) is 6.64. The number of carbonyl (C=O) groups excluding carboxylic acids is 2. The number of rotatable bonds is 4. The maximum Gasteiger partial charge on any atom is 0.330 e. The Kier molecular flexibility index (Phi) is 5.56. The zero-order valence-corrected chi connectivity index (χ0v) is 14.7. The maximum atomic E-state index is 12.9. The highest BCUT2D eigenvalue weighted by atomic mass is 32.2. The third-order valence-electron chi connectivity index (χ3n) is 3.93. The Morgan fingerprint density at radius 2 is 1.88 bits per heavy atom. The van der Waals surface area contributed by atoms with Gasteiger partial charge in [0.1, 0.15) is 0 Å². The molecule has 0 aromatic heterocycles. The number of thioether (sulfide) groups is 1. The molecule has 0 aliphatic carbocycles. The molecular formula is C20H19NO3S. The van der Waals surface area contributed by atoms with Crippen molar-refractivity contribution >= 4 is 29.3 Å². The molecule has 1 heterocycles. The first-order chi connectivity index (χ1) is 12.2. The smallest absolute Gasteiger partial charge is 0.330 e. The number of ether oxygens (including phenoxy) is 1. The second kappa shape index (κ2) is 8.03. The highest BCUT2D eigenvalue weighted by molar-refractivity contribution is 7.99. The van der Waals surface area contributed by atoms with E-state index < -0.39 is 5.97 Å². The van der Waals surface area contributed by atoms with Crippen molar-refractivity contribution in [3.05, 3.63) is 72.3 Å². The van der Waals surface area contributed by atoms with Gasteiger partial charge in [0, 0.05) is 16.7 Å². The van der Waals surface area contributed by atoms with E-state index in [-0.39, 0.29) is 18.6 Å². The average Bonchev–Trinajstić information content (AvgIpc) is 2.66. The Labute approximate surface area is 151 Å². The molecule has 1 atom stereocenters. The van der Waals surface area contributed by atoms with Crippen LogP contribution in [-0.4, -0.2) is 24.2 Å². The van der Waals surface area contributed by atoms with Gasteiger partial charge in [0.05, 0.1) is 11.7 Å². The van der Waals surface area contributed by atoms with E-state index in [1.807, 2.05) is 54.6 Å². The summed E-state index contributed by atoms with van der Waals surface area (Å²) in [5, 5.41) is 0. The Morgan fingerprint density at radius 1 is 1.16 bits per heavy atom. The molecule has 0 saturated carbocycles. The van der Waals surface area contributed by atoms with Gasteiger partial charge < -0.3 is 4.74 Å². The van der Waals surface area contributed by atoms with Gasteiger partial charge in [-0.2, -0.15) is 0 Å². The first-order valence-electron chi connectivity index (χ1n) is 8.09. The second-order valence-electron chi connectivity index (χ2n) is 5.58. The lowest BCUT2D eigenvalue weighted by Gasteiger charge is -2.37. The van der Waals surface area contributed by atoms with Crippen LogP contribution in [0.1, 0.15) is 18.5 Å². The van der Waals surface area contributed by atoms with Crippen molar-refractivity contribution in [2.45, 2.75) is 17.9 Å². The number of benzene rings is 2. The first-order valence-corrected chi connectivity index (χ1v) is 9.07. The molecule has 0 spiro atoms. The summed E-state index contributed by atoms with van der Waals surface area (Å²) >= 11 is 1.73. The number of amides is 1. The molecule has 25 heavy (non-hydrogen) atoms. The fraction of sp³-hybridized carbons (Fsp3) is 0.200. The van der Waals surface area contributed by atoms with E-state index in [0.29, 0.717) is 0 Å². The lowest BCUT2D eigenvalue weighted by atomic mass is 10.1. The van der Waals surface area contributed by atoms with Gasteiger partial charge in [0.25, 0.3) is 5.91 Å². The van der Waals surface area contributed by atoms with E-state index in [4.69, 9.17) is 4.74 Å². The third kappa shape index (κ3) is 3.94. The van der Waals surface area contributed by atoms with Crippen LogP contribution in [0.3, 0.4) is 0 Å². The van der Waals surface area contributed by atoms with E-state index in [1.165, 1.54) is 6.08 Å². The monoisotopic (exact) mass is 353 g/mol. The van der Waals surface area contributed by atoms with Gasteiger partial charge in [-0.15, -0.1) is 11.8 Å². The molecule has 0 N–H and O–H groups in total. The maximum absolute atomic E-state index is 12.9. The molecule has 0 fully saturated rings. The van der Waals surface area contributed by atoms with E-state index in [2.05, 4.69) is 0 Å². The number of hydrogen-bond acceptors (Lipinski definition) is 4. The predicted molar refractivity (Wildman–Crippen MR) is 99.6 cm³/mol. The van der Waals surface area contributed by atoms with Gasteiger partial charge in [-0.05, 0) is 24.6 Å². The summed E-state index contributed by atoms with van der Waals surface area (Å²) < 4.78 is 5.07. The number of anilines is 1. The van der Waals surface area contributed by atoms with Gasteiger partial charge in [-0.25, -0.2) is 4.79 Å². The summed E-state index contributed by atoms with van der Waals surface area (Å²) in [4.78, 5) is 27.2. The van der Waals surface area contributed by atoms with Crippen molar-refractivity contribution in [2.75, 3.05) is 17.3 Å². The SMILES string of the molecule is C/C=C/C(=O)OCC(=O)N1c2ccccc2SC[C@H]1c1ccccc1. The highest BCUT2D eigenvalue weighted by Gasteiger charge is 2.32. The summed E-state index contributed by atoms with van der Waals surface area (Å²) in [5.74, 6) is 0.0292. The molecule has 0 bridgehead atoms. The molecule has 1 aliphatic rings. The molecule has 0 radical (unpaired) electrons. The Morgan fingerprint density at radius 3 is 2.64 bits per heavy atom. The Hall–Kier alpha value is -2.53. The van der Waals surface area contributed by atoms with Gasteiger partial charge in [0.2, 0.25) is 0 Å². The van der Waals surface area contributed by atoms with Crippen LogP contribution in [-0.2, 0) is 14.3 Å². The summed E-state index contributed by atoms with van der Waals surface area (Å²) in [7, 11) is 0. The van der Waals surface area contributed by atoms with Crippen molar-refractivity contribution in [2.24, 2.45) is 0 Å². The van der Waals surface area contributed by atoms with Gasteiger partial charge in [-0.3, -0.25) is 9.69 Å². The van der Waals surface area contributed by atoms with Crippen LogP contribution < -0.4 is 4.90 Å². The third-order valence-corrected chi connectivity index (χ3v) is 5.07. The number of hydrogen-bond donors (Lipinski definition) is 0.